The Morgan fingerprint density at radius 1 is 0.815 bits per heavy atom. The number of carboxylic acid groups (broad SMARTS) is 2. The Morgan fingerprint density at radius 2 is 1.22 bits per heavy atom. The van der Waals surface area contributed by atoms with E-state index >= 15 is 0 Å². The van der Waals surface area contributed by atoms with Gasteiger partial charge in [-0.1, -0.05) is 29.8 Å². The average Bonchev–Trinajstić information content (AvgIpc) is 2.66. The van der Waals surface area contributed by atoms with Crippen LogP contribution in [0.25, 0.3) is 0 Å². The molecule has 0 saturated carbocycles. The summed E-state index contributed by atoms with van der Waals surface area (Å²) < 4.78 is 0. The Labute approximate surface area is 158 Å². The number of aliphatic carboxylic acids is 2. The zero-order valence-corrected chi connectivity index (χ0v) is 15.4. The van der Waals surface area contributed by atoms with Crippen molar-refractivity contribution in [2.75, 3.05) is 26.2 Å². The predicted molar refractivity (Wildman–Crippen MR) is 101 cm³/mol. The van der Waals surface area contributed by atoms with E-state index in [1.165, 1.54) is 16.7 Å². The van der Waals surface area contributed by atoms with Crippen LogP contribution in [0.4, 0.5) is 0 Å². The van der Waals surface area contributed by atoms with Gasteiger partial charge in [-0.3, -0.25) is 14.8 Å². The smallest absolute Gasteiger partial charge is 0.414 e. The van der Waals surface area contributed by atoms with Crippen molar-refractivity contribution in [3.63, 3.8) is 0 Å². The standard InChI is InChI=1S/C18H23N3.C2H2O4/c1-16-2-4-17(5-3-16)14-20-10-12-21(13-11-20)15-18-6-8-19-9-7-18;3-1(4)2(5)6/h2-9H,10-15H2,1H3;(H,3,4)(H,5,6). The molecule has 2 N–H and O–H groups in total. The Kier molecular flexibility index (Phi) is 7.91. The molecule has 7 heteroatoms. The number of piperazine rings is 1. The molecule has 0 atom stereocenters. The molecular weight excluding hydrogens is 346 g/mol. The van der Waals surface area contributed by atoms with E-state index in [-0.39, 0.29) is 0 Å². The summed E-state index contributed by atoms with van der Waals surface area (Å²) in [5.74, 6) is -3.65. The Balaban J connectivity index is 0.000000380. The third kappa shape index (κ3) is 7.55. The molecule has 3 rings (SSSR count). The minimum atomic E-state index is -1.82. The van der Waals surface area contributed by atoms with Gasteiger partial charge in [0.15, 0.2) is 0 Å². The number of hydrogen-bond acceptors (Lipinski definition) is 5. The van der Waals surface area contributed by atoms with Crippen LogP contribution in [-0.2, 0) is 22.7 Å². The summed E-state index contributed by atoms with van der Waals surface area (Å²) in [6, 6.07) is 13.1. The van der Waals surface area contributed by atoms with Crippen molar-refractivity contribution in [1.82, 2.24) is 14.8 Å². The fourth-order valence-electron chi connectivity index (χ4n) is 2.80. The normalized spacial score (nSPS) is 14.9. The van der Waals surface area contributed by atoms with Gasteiger partial charge in [-0.15, -0.1) is 0 Å². The topological polar surface area (TPSA) is 94.0 Å². The second kappa shape index (κ2) is 10.4. The first kappa shape index (κ1) is 20.5. The molecule has 0 spiro atoms. The molecule has 0 radical (unpaired) electrons. The van der Waals surface area contributed by atoms with Crippen LogP contribution in [0.15, 0.2) is 48.8 Å². The number of carbonyl (C=O) groups is 2. The highest BCUT2D eigenvalue weighted by molar-refractivity contribution is 6.27. The molecule has 1 saturated heterocycles. The highest BCUT2D eigenvalue weighted by Gasteiger charge is 2.16. The zero-order chi connectivity index (χ0) is 19.6. The molecule has 0 bridgehead atoms. The maximum Gasteiger partial charge on any atom is 0.414 e. The number of aryl methyl sites for hydroxylation is 1. The molecule has 2 heterocycles. The van der Waals surface area contributed by atoms with Crippen LogP contribution < -0.4 is 0 Å². The molecule has 1 aliphatic rings. The van der Waals surface area contributed by atoms with Crippen molar-refractivity contribution < 1.29 is 19.8 Å². The number of rotatable bonds is 4. The lowest BCUT2D eigenvalue weighted by atomic mass is 10.1. The Morgan fingerprint density at radius 3 is 1.63 bits per heavy atom. The number of benzene rings is 1. The Hall–Kier alpha value is -2.77. The van der Waals surface area contributed by atoms with Crippen LogP contribution in [0.1, 0.15) is 16.7 Å². The van der Waals surface area contributed by atoms with Crippen LogP contribution in [0.5, 0.6) is 0 Å². The average molecular weight is 371 g/mol. The van der Waals surface area contributed by atoms with E-state index in [1.807, 2.05) is 12.4 Å². The van der Waals surface area contributed by atoms with Gasteiger partial charge in [0, 0.05) is 51.7 Å². The van der Waals surface area contributed by atoms with Crippen LogP contribution in [0.2, 0.25) is 0 Å². The molecular formula is C20H25N3O4. The monoisotopic (exact) mass is 371 g/mol. The first-order valence-corrected chi connectivity index (χ1v) is 8.79. The summed E-state index contributed by atoms with van der Waals surface area (Å²) in [5, 5.41) is 14.8. The van der Waals surface area contributed by atoms with Crippen molar-refractivity contribution >= 4 is 11.9 Å². The third-order valence-electron chi connectivity index (χ3n) is 4.33. The summed E-state index contributed by atoms with van der Waals surface area (Å²) >= 11 is 0. The Bertz CT molecular complexity index is 715. The van der Waals surface area contributed by atoms with Gasteiger partial charge >= 0.3 is 11.9 Å². The van der Waals surface area contributed by atoms with E-state index in [0.717, 1.165) is 39.3 Å². The van der Waals surface area contributed by atoms with Crippen molar-refractivity contribution in [2.24, 2.45) is 0 Å². The molecule has 27 heavy (non-hydrogen) atoms. The zero-order valence-electron chi connectivity index (χ0n) is 15.4. The van der Waals surface area contributed by atoms with Gasteiger partial charge in [0.25, 0.3) is 0 Å². The lowest BCUT2D eigenvalue weighted by molar-refractivity contribution is -0.159. The van der Waals surface area contributed by atoms with Gasteiger partial charge in [-0.2, -0.15) is 0 Å². The molecule has 0 unspecified atom stereocenters. The lowest BCUT2D eigenvalue weighted by Gasteiger charge is -2.34. The van der Waals surface area contributed by atoms with Crippen LogP contribution in [0.3, 0.4) is 0 Å². The summed E-state index contributed by atoms with van der Waals surface area (Å²) in [5.41, 5.74) is 4.11. The number of pyridine rings is 1. The summed E-state index contributed by atoms with van der Waals surface area (Å²) in [6.45, 7) is 8.85. The van der Waals surface area contributed by atoms with Crippen molar-refractivity contribution in [3.05, 3.63) is 65.5 Å². The van der Waals surface area contributed by atoms with Crippen LogP contribution >= 0.6 is 0 Å². The molecule has 1 aliphatic heterocycles. The van der Waals surface area contributed by atoms with E-state index in [0.29, 0.717) is 0 Å². The molecule has 0 amide bonds. The first-order chi connectivity index (χ1) is 12.9. The number of hydrogen-bond donors (Lipinski definition) is 2. The van der Waals surface area contributed by atoms with Gasteiger partial charge in [0.2, 0.25) is 0 Å². The van der Waals surface area contributed by atoms with E-state index in [9.17, 15) is 0 Å². The fraction of sp³-hybridized carbons (Fsp3) is 0.350. The minimum absolute atomic E-state index is 1.04. The van der Waals surface area contributed by atoms with Crippen molar-refractivity contribution in [2.45, 2.75) is 20.0 Å². The van der Waals surface area contributed by atoms with E-state index in [2.05, 4.69) is 58.1 Å². The van der Waals surface area contributed by atoms with E-state index in [4.69, 9.17) is 19.8 Å². The third-order valence-corrected chi connectivity index (χ3v) is 4.33. The van der Waals surface area contributed by atoms with Gasteiger partial charge in [0.1, 0.15) is 0 Å². The summed E-state index contributed by atoms with van der Waals surface area (Å²) in [4.78, 5) is 27.4. The second-order valence-electron chi connectivity index (χ2n) is 6.50. The largest absolute Gasteiger partial charge is 0.473 e. The summed E-state index contributed by atoms with van der Waals surface area (Å²) in [6.07, 6.45) is 3.76. The molecule has 0 aliphatic carbocycles. The lowest BCUT2D eigenvalue weighted by Crippen LogP contribution is -2.45. The van der Waals surface area contributed by atoms with Gasteiger partial charge in [-0.25, -0.2) is 9.59 Å². The SMILES string of the molecule is Cc1ccc(CN2CCN(Cc3ccncc3)CC2)cc1.O=C(O)C(=O)O. The van der Waals surface area contributed by atoms with Crippen LogP contribution in [-0.4, -0.2) is 63.1 Å². The van der Waals surface area contributed by atoms with Gasteiger partial charge in [-0.05, 0) is 30.2 Å². The highest BCUT2D eigenvalue weighted by Crippen LogP contribution is 2.11. The first-order valence-electron chi connectivity index (χ1n) is 8.79. The van der Waals surface area contributed by atoms with Crippen molar-refractivity contribution in [1.29, 1.82) is 0 Å². The molecule has 7 nitrogen and oxygen atoms in total. The number of carboxylic acids is 2. The minimum Gasteiger partial charge on any atom is -0.473 e. The molecule has 1 aromatic carbocycles. The maximum absolute atomic E-state index is 9.10. The molecule has 1 aromatic heterocycles. The van der Waals surface area contributed by atoms with Gasteiger partial charge in [0.05, 0.1) is 0 Å². The van der Waals surface area contributed by atoms with Crippen molar-refractivity contribution in [3.8, 4) is 0 Å². The van der Waals surface area contributed by atoms with Crippen LogP contribution in [0, 0.1) is 6.92 Å². The van der Waals surface area contributed by atoms with Gasteiger partial charge < -0.3 is 10.2 Å². The maximum atomic E-state index is 9.10. The summed E-state index contributed by atoms with van der Waals surface area (Å²) in [7, 11) is 0. The molecule has 2 aromatic rings. The second-order valence-corrected chi connectivity index (χ2v) is 6.50. The number of aromatic nitrogens is 1. The highest BCUT2D eigenvalue weighted by atomic mass is 16.4. The van der Waals surface area contributed by atoms with E-state index in [1.54, 1.807) is 0 Å². The fourth-order valence-corrected chi connectivity index (χ4v) is 2.80. The quantitative estimate of drug-likeness (QED) is 0.792. The molecule has 144 valence electrons. The molecule has 1 fully saturated rings. The predicted octanol–water partition coefficient (Wildman–Crippen LogP) is 1.86. The van der Waals surface area contributed by atoms with E-state index < -0.39 is 11.9 Å². The number of nitrogens with zero attached hydrogens (tertiary/aromatic N) is 3.